The minimum Gasteiger partial charge on any atom is -0.389 e. The molecular formula is C14H17F3N2S. The molecular weight excluding hydrogens is 285 g/mol. The molecule has 0 spiro atoms. The van der Waals surface area contributed by atoms with Gasteiger partial charge in [0.15, 0.2) is 0 Å². The van der Waals surface area contributed by atoms with E-state index in [1.54, 1.807) is 6.07 Å². The number of alkyl halides is 3. The molecule has 0 aliphatic heterocycles. The zero-order valence-corrected chi connectivity index (χ0v) is 11.9. The summed E-state index contributed by atoms with van der Waals surface area (Å²) in [5.41, 5.74) is 4.88. The third-order valence-electron chi connectivity index (χ3n) is 3.65. The van der Waals surface area contributed by atoms with E-state index in [9.17, 15) is 13.2 Å². The van der Waals surface area contributed by atoms with E-state index in [4.69, 9.17) is 5.73 Å². The number of halogens is 3. The summed E-state index contributed by atoms with van der Waals surface area (Å²) in [5, 5.41) is 3.06. The molecule has 0 radical (unpaired) electrons. The summed E-state index contributed by atoms with van der Waals surface area (Å²) in [7, 11) is 0. The van der Waals surface area contributed by atoms with Gasteiger partial charge in [0.05, 0.1) is 5.56 Å². The summed E-state index contributed by atoms with van der Waals surface area (Å²) in [6, 6.07) is 3.99. The van der Waals surface area contributed by atoms with Crippen molar-refractivity contribution in [2.24, 2.45) is 17.6 Å². The minimum atomic E-state index is -4.46. The van der Waals surface area contributed by atoms with Crippen LogP contribution in [0.5, 0.6) is 0 Å². The standard InChI is InChI=1S/C14H17F3N2S/c1-8(9-2-3-9)7-19-10-4-5-11(13(18)20)12(6-10)14(15,16)17/h4-6,8-9,19H,2-3,7H2,1H3,(H2,18,20). The third kappa shape index (κ3) is 3.62. The maximum atomic E-state index is 13.0. The second-order valence-electron chi connectivity index (χ2n) is 5.32. The lowest BCUT2D eigenvalue weighted by molar-refractivity contribution is -0.137. The number of thiocarbonyl (C=S) groups is 1. The Morgan fingerprint density at radius 2 is 2.10 bits per heavy atom. The second kappa shape index (κ2) is 5.60. The van der Waals surface area contributed by atoms with E-state index in [-0.39, 0.29) is 10.6 Å². The van der Waals surface area contributed by atoms with Crippen LogP contribution >= 0.6 is 12.2 Å². The topological polar surface area (TPSA) is 38.0 Å². The van der Waals surface area contributed by atoms with E-state index in [0.717, 1.165) is 6.07 Å². The fourth-order valence-electron chi connectivity index (χ4n) is 2.21. The van der Waals surface area contributed by atoms with Crippen LogP contribution in [-0.4, -0.2) is 11.5 Å². The lowest BCUT2D eigenvalue weighted by Crippen LogP contribution is -2.19. The monoisotopic (exact) mass is 302 g/mol. The fourth-order valence-corrected chi connectivity index (χ4v) is 2.39. The highest BCUT2D eigenvalue weighted by Gasteiger charge is 2.34. The number of nitrogens with one attached hydrogen (secondary N) is 1. The fraction of sp³-hybridized carbons (Fsp3) is 0.500. The second-order valence-corrected chi connectivity index (χ2v) is 5.76. The van der Waals surface area contributed by atoms with Crippen molar-refractivity contribution in [3.8, 4) is 0 Å². The van der Waals surface area contributed by atoms with Crippen molar-refractivity contribution < 1.29 is 13.2 Å². The smallest absolute Gasteiger partial charge is 0.389 e. The summed E-state index contributed by atoms with van der Waals surface area (Å²) in [6.45, 7) is 2.78. The summed E-state index contributed by atoms with van der Waals surface area (Å²) >= 11 is 4.67. The molecule has 1 aliphatic rings. The number of rotatable bonds is 5. The molecule has 110 valence electrons. The van der Waals surface area contributed by atoms with Crippen molar-refractivity contribution in [2.75, 3.05) is 11.9 Å². The van der Waals surface area contributed by atoms with E-state index in [1.165, 1.54) is 18.9 Å². The van der Waals surface area contributed by atoms with Crippen LogP contribution in [0.3, 0.4) is 0 Å². The van der Waals surface area contributed by atoms with E-state index in [0.29, 0.717) is 24.1 Å². The van der Waals surface area contributed by atoms with Gasteiger partial charge in [0.2, 0.25) is 0 Å². The van der Waals surface area contributed by atoms with E-state index in [2.05, 4.69) is 24.5 Å². The molecule has 1 aromatic carbocycles. The molecule has 1 aromatic rings. The summed E-state index contributed by atoms with van der Waals surface area (Å²) in [5.74, 6) is 1.18. The van der Waals surface area contributed by atoms with Gasteiger partial charge in [0.25, 0.3) is 0 Å². The van der Waals surface area contributed by atoms with Crippen LogP contribution < -0.4 is 11.1 Å². The zero-order valence-electron chi connectivity index (χ0n) is 11.1. The highest BCUT2D eigenvalue weighted by Crippen LogP contribution is 2.37. The number of hydrogen-bond acceptors (Lipinski definition) is 2. The Hall–Kier alpha value is -1.30. The van der Waals surface area contributed by atoms with Crippen molar-refractivity contribution in [2.45, 2.75) is 25.9 Å². The molecule has 1 atom stereocenters. The predicted molar refractivity (Wildman–Crippen MR) is 77.7 cm³/mol. The van der Waals surface area contributed by atoms with Gasteiger partial charge < -0.3 is 11.1 Å². The summed E-state index contributed by atoms with van der Waals surface area (Å²) in [6.07, 6.45) is -2.02. The Balaban J connectivity index is 2.16. The van der Waals surface area contributed by atoms with Crippen molar-refractivity contribution in [3.05, 3.63) is 29.3 Å². The van der Waals surface area contributed by atoms with Crippen LogP contribution in [0.15, 0.2) is 18.2 Å². The van der Waals surface area contributed by atoms with Gasteiger partial charge in [0.1, 0.15) is 4.99 Å². The highest BCUT2D eigenvalue weighted by molar-refractivity contribution is 7.80. The molecule has 0 saturated heterocycles. The minimum absolute atomic E-state index is 0.131. The first-order valence-electron chi connectivity index (χ1n) is 6.54. The van der Waals surface area contributed by atoms with Gasteiger partial charge in [-0.1, -0.05) is 19.1 Å². The molecule has 2 rings (SSSR count). The molecule has 1 aliphatic carbocycles. The van der Waals surface area contributed by atoms with Gasteiger partial charge in [-0.15, -0.1) is 0 Å². The number of nitrogens with two attached hydrogens (primary N) is 1. The molecule has 1 unspecified atom stereocenters. The molecule has 0 heterocycles. The van der Waals surface area contributed by atoms with Gasteiger partial charge in [-0.25, -0.2) is 0 Å². The number of hydrogen-bond donors (Lipinski definition) is 2. The van der Waals surface area contributed by atoms with Gasteiger partial charge in [-0.05, 0) is 42.9 Å². The van der Waals surface area contributed by atoms with Crippen LogP contribution in [0.4, 0.5) is 18.9 Å². The van der Waals surface area contributed by atoms with Gasteiger partial charge >= 0.3 is 6.18 Å². The molecule has 2 nitrogen and oxygen atoms in total. The Morgan fingerprint density at radius 3 is 2.60 bits per heavy atom. The van der Waals surface area contributed by atoms with Crippen LogP contribution in [0, 0.1) is 11.8 Å². The van der Waals surface area contributed by atoms with Crippen molar-refractivity contribution in [1.82, 2.24) is 0 Å². The van der Waals surface area contributed by atoms with Crippen LogP contribution in [-0.2, 0) is 6.18 Å². The average molecular weight is 302 g/mol. The van der Waals surface area contributed by atoms with Gasteiger partial charge in [-0.3, -0.25) is 0 Å². The van der Waals surface area contributed by atoms with Crippen LogP contribution in [0.2, 0.25) is 0 Å². The van der Waals surface area contributed by atoms with Gasteiger partial charge in [0, 0.05) is 17.8 Å². The molecule has 0 bridgehead atoms. The normalized spacial score (nSPS) is 16.8. The average Bonchev–Trinajstić information content (AvgIpc) is 3.18. The largest absolute Gasteiger partial charge is 0.417 e. The Bertz CT molecular complexity index is 510. The Kier molecular flexibility index (Phi) is 4.22. The third-order valence-corrected chi connectivity index (χ3v) is 3.87. The van der Waals surface area contributed by atoms with E-state index in [1.807, 2.05) is 0 Å². The molecule has 1 fully saturated rings. The highest BCUT2D eigenvalue weighted by atomic mass is 32.1. The predicted octanol–water partition coefficient (Wildman–Crippen LogP) is 3.80. The van der Waals surface area contributed by atoms with Crippen LogP contribution in [0.1, 0.15) is 30.9 Å². The summed E-state index contributed by atoms with van der Waals surface area (Å²) < 4.78 is 38.9. The summed E-state index contributed by atoms with van der Waals surface area (Å²) in [4.78, 5) is -0.241. The van der Waals surface area contributed by atoms with Crippen molar-refractivity contribution in [3.63, 3.8) is 0 Å². The molecule has 6 heteroatoms. The first kappa shape index (κ1) is 15.1. The first-order chi connectivity index (χ1) is 9.29. The molecule has 0 amide bonds. The van der Waals surface area contributed by atoms with Gasteiger partial charge in [-0.2, -0.15) is 13.2 Å². The molecule has 20 heavy (non-hydrogen) atoms. The SMILES string of the molecule is CC(CNc1ccc(C(N)=S)c(C(F)(F)F)c1)C1CC1. The quantitative estimate of drug-likeness (QED) is 0.813. The molecule has 1 saturated carbocycles. The van der Waals surface area contributed by atoms with Crippen molar-refractivity contribution >= 4 is 22.9 Å². The molecule has 3 N–H and O–H groups in total. The molecule has 0 aromatic heterocycles. The Labute approximate surface area is 121 Å². The van der Waals surface area contributed by atoms with Crippen LogP contribution in [0.25, 0.3) is 0 Å². The lowest BCUT2D eigenvalue weighted by Gasteiger charge is -2.16. The number of anilines is 1. The maximum absolute atomic E-state index is 13.0. The van der Waals surface area contributed by atoms with E-state index >= 15 is 0 Å². The van der Waals surface area contributed by atoms with Crippen molar-refractivity contribution in [1.29, 1.82) is 0 Å². The number of benzene rings is 1. The Morgan fingerprint density at radius 1 is 1.45 bits per heavy atom. The first-order valence-corrected chi connectivity index (χ1v) is 6.95. The lowest BCUT2D eigenvalue weighted by atomic mass is 10.0. The maximum Gasteiger partial charge on any atom is 0.417 e. The zero-order chi connectivity index (χ0) is 14.9. The van der Waals surface area contributed by atoms with E-state index < -0.39 is 11.7 Å².